The Hall–Kier alpha value is -1.31. The van der Waals surface area contributed by atoms with Gasteiger partial charge in [-0.3, -0.25) is 0 Å². The summed E-state index contributed by atoms with van der Waals surface area (Å²) in [6.07, 6.45) is 0.636. The number of halogens is 2. The van der Waals surface area contributed by atoms with Gasteiger partial charge in [-0.2, -0.15) is 0 Å². The molecule has 0 unspecified atom stereocenters. The minimum absolute atomic E-state index is 0. The molecule has 0 fully saturated rings. The van der Waals surface area contributed by atoms with Crippen LogP contribution in [0, 0.1) is 5.21 Å². The highest BCUT2D eigenvalue weighted by molar-refractivity contribution is 7.92. The van der Waals surface area contributed by atoms with Gasteiger partial charge >= 0.3 is 0 Å². The predicted octanol–water partition coefficient (Wildman–Crippen LogP) is 4.01. The molecule has 0 saturated carbocycles. The van der Waals surface area contributed by atoms with Crippen molar-refractivity contribution in [2.24, 2.45) is 0 Å². The van der Waals surface area contributed by atoms with Crippen molar-refractivity contribution in [3.05, 3.63) is 52.7 Å². The second kappa shape index (κ2) is 7.13. The molecular formula is C17H20Cl2N2O3S. The number of sulfone groups is 1. The number of rotatable bonds is 4. The molecule has 3 rings (SSSR count). The number of hydrogen-bond donors (Lipinski definition) is 0. The van der Waals surface area contributed by atoms with Crippen LogP contribution in [0.25, 0.3) is 0 Å². The van der Waals surface area contributed by atoms with Crippen molar-refractivity contribution in [3.8, 4) is 0 Å². The molecule has 1 aliphatic rings. The SMILES string of the molecule is C[N+](C)([O-])CCCN1c2ccccc2S(=O)(=O)c2ccc(Cl)cc21.Cl. The summed E-state index contributed by atoms with van der Waals surface area (Å²) < 4.78 is 25.3. The smallest absolute Gasteiger partial charge is 0.210 e. The summed E-state index contributed by atoms with van der Waals surface area (Å²) in [5.41, 5.74) is 1.20. The molecule has 0 aromatic heterocycles. The van der Waals surface area contributed by atoms with Gasteiger partial charge in [-0.15, -0.1) is 12.4 Å². The molecule has 0 saturated heterocycles. The van der Waals surface area contributed by atoms with Gasteiger partial charge < -0.3 is 14.8 Å². The zero-order chi connectivity index (χ0) is 17.5. The maximum atomic E-state index is 12.9. The summed E-state index contributed by atoms with van der Waals surface area (Å²) in [4.78, 5) is 2.48. The van der Waals surface area contributed by atoms with Gasteiger partial charge in [0.25, 0.3) is 0 Å². The minimum Gasteiger partial charge on any atom is -0.633 e. The van der Waals surface area contributed by atoms with Crippen molar-refractivity contribution < 1.29 is 13.1 Å². The quantitative estimate of drug-likeness (QED) is 0.572. The number of fused-ring (bicyclic) bond motifs is 2. The number of quaternary nitrogens is 1. The van der Waals surface area contributed by atoms with Gasteiger partial charge in [0, 0.05) is 18.0 Å². The number of hydrogen-bond acceptors (Lipinski definition) is 4. The number of nitrogens with zero attached hydrogens (tertiary/aromatic N) is 2. The lowest BCUT2D eigenvalue weighted by molar-refractivity contribution is -0.840. The lowest BCUT2D eigenvalue weighted by Gasteiger charge is -2.36. The van der Waals surface area contributed by atoms with E-state index in [1.807, 2.05) is 11.0 Å². The highest BCUT2D eigenvalue weighted by atomic mass is 35.5. The third-order valence-corrected chi connectivity index (χ3v) is 6.11. The Morgan fingerprint density at radius 2 is 1.72 bits per heavy atom. The first kappa shape index (κ1) is 20.0. The highest BCUT2D eigenvalue weighted by Gasteiger charge is 2.33. The minimum atomic E-state index is -3.57. The van der Waals surface area contributed by atoms with Gasteiger partial charge in [-0.25, -0.2) is 8.42 Å². The van der Waals surface area contributed by atoms with Gasteiger partial charge in [-0.05, 0) is 30.3 Å². The molecule has 5 nitrogen and oxygen atoms in total. The maximum Gasteiger partial charge on any atom is 0.210 e. The number of para-hydroxylation sites is 1. The van der Waals surface area contributed by atoms with Crippen LogP contribution in [0.3, 0.4) is 0 Å². The Bertz CT molecular complexity index is 880. The van der Waals surface area contributed by atoms with E-state index in [1.54, 1.807) is 50.5 Å². The molecule has 0 N–H and O–H groups in total. The molecular weight excluding hydrogens is 383 g/mol. The van der Waals surface area contributed by atoms with E-state index in [-0.39, 0.29) is 26.8 Å². The van der Waals surface area contributed by atoms with Crippen LogP contribution in [0.15, 0.2) is 52.3 Å². The molecule has 136 valence electrons. The monoisotopic (exact) mass is 402 g/mol. The van der Waals surface area contributed by atoms with Crippen LogP contribution in [-0.4, -0.2) is 40.2 Å². The molecule has 1 heterocycles. The lowest BCUT2D eigenvalue weighted by atomic mass is 10.2. The Morgan fingerprint density at radius 3 is 2.40 bits per heavy atom. The van der Waals surface area contributed by atoms with E-state index < -0.39 is 9.84 Å². The summed E-state index contributed by atoms with van der Waals surface area (Å²) in [6, 6.07) is 11.7. The average molecular weight is 403 g/mol. The third kappa shape index (κ3) is 3.93. The van der Waals surface area contributed by atoms with Crippen molar-refractivity contribution in [2.75, 3.05) is 32.1 Å². The van der Waals surface area contributed by atoms with Crippen LogP contribution < -0.4 is 4.90 Å². The van der Waals surface area contributed by atoms with Crippen molar-refractivity contribution in [3.63, 3.8) is 0 Å². The first-order chi connectivity index (χ1) is 11.2. The standard InChI is InChI=1S/C17H19ClN2O3S.ClH/c1-20(2,21)11-5-10-19-14-6-3-4-7-16(14)24(22,23)17-9-8-13(18)12-15(17)19;/h3-4,6-9,12H,5,10-11H2,1-2H3;1H. The van der Waals surface area contributed by atoms with Crippen molar-refractivity contribution in [1.82, 2.24) is 0 Å². The number of anilines is 2. The summed E-state index contributed by atoms with van der Waals surface area (Å²) in [7, 11) is -0.377. The molecule has 0 aliphatic carbocycles. The van der Waals surface area contributed by atoms with Gasteiger partial charge in [-0.1, -0.05) is 23.7 Å². The van der Waals surface area contributed by atoms with Gasteiger partial charge in [0.2, 0.25) is 9.84 Å². The fraction of sp³-hybridized carbons (Fsp3) is 0.294. The highest BCUT2D eigenvalue weighted by Crippen LogP contribution is 2.44. The number of hydroxylamine groups is 3. The molecule has 0 radical (unpaired) electrons. The largest absolute Gasteiger partial charge is 0.633 e. The zero-order valence-corrected chi connectivity index (χ0v) is 16.4. The Morgan fingerprint density at radius 1 is 1.08 bits per heavy atom. The second-order valence-corrected chi connectivity index (χ2v) is 8.71. The molecule has 8 heteroatoms. The van der Waals surface area contributed by atoms with E-state index in [0.717, 1.165) is 0 Å². The molecule has 25 heavy (non-hydrogen) atoms. The summed E-state index contributed by atoms with van der Waals surface area (Å²) in [5, 5.41) is 12.3. The summed E-state index contributed by atoms with van der Waals surface area (Å²) >= 11 is 6.09. The van der Waals surface area contributed by atoms with E-state index in [9.17, 15) is 13.6 Å². The Kier molecular flexibility index (Phi) is 5.71. The van der Waals surface area contributed by atoms with Crippen LogP contribution in [0.4, 0.5) is 11.4 Å². The maximum absolute atomic E-state index is 12.9. The first-order valence-electron chi connectivity index (χ1n) is 7.65. The zero-order valence-electron chi connectivity index (χ0n) is 14.0. The normalized spacial score (nSPS) is 15.1. The fourth-order valence-electron chi connectivity index (χ4n) is 2.93. The lowest BCUT2D eigenvalue weighted by Crippen LogP contribution is -2.36. The first-order valence-corrected chi connectivity index (χ1v) is 9.51. The predicted molar refractivity (Wildman–Crippen MR) is 103 cm³/mol. The van der Waals surface area contributed by atoms with Crippen LogP contribution in [-0.2, 0) is 9.84 Å². The molecule has 0 amide bonds. The van der Waals surface area contributed by atoms with Crippen LogP contribution in [0.1, 0.15) is 6.42 Å². The second-order valence-electron chi connectivity index (χ2n) is 6.39. The van der Waals surface area contributed by atoms with Gasteiger partial charge in [0.15, 0.2) is 0 Å². The molecule has 0 spiro atoms. The summed E-state index contributed by atoms with van der Waals surface area (Å²) in [5.74, 6) is 0. The fourth-order valence-corrected chi connectivity index (χ4v) is 4.74. The van der Waals surface area contributed by atoms with Crippen LogP contribution >= 0.6 is 24.0 Å². The van der Waals surface area contributed by atoms with E-state index in [4.69, 9.17) is 11.6 Å². The van der Waals surface area contributed by atoms with E-state index in [0.29, 0.717) is 35.9 Å². The van der Waals surface area contributed by atoms with Gasteiger partial charge in [0.1, 0.15) is 0 Å². The van der Waals surface area contributed by atoms with Crippen LogP contribution in [0.2, 0.25) is 5.02 Å². The van der Waals surface area contributed by atoms with E-state index in [2.05, 4.69) is 0 Å². The number of benzene rings is 2. The summed E-state index contributed by atoms with van der Waals surface area (Å²) in [6.45, 7) is 0.991. The van der Waals surface area contributed by atoms with Gasteiger partial charge in [0.05, 0.1) is 41.8 Å². The molecule has 0 atom stereocenters. The average Bonchev–Trinajstić information content (AvgIpc) is 2.49. The Balaban J connectivity index is 0.00000225. The van der Waals surface area contributed by atoms with Crippen molar-refractivity contribution in [2.45, 2.75) is 16.2 Å². The van der Waals surface area contributed by atoms with Crippen molar-refractivity contribution in [1.29, 1.82) is 0 Å². The van der Waals surface area contributed by atoms with E-state index in [1.165, 1.54) is 0 Å². The van der Waals surface area contributed by atoms with Crippen LogP contribution in [0.5, 0.6) is 0 Å². The topological polar surface area (TPSA) is 60.4 Å². The molecule has 0 bridgehead atoms. The van der Waals surface area contributed by atoms with Crippen molar-refractivity contribution >= 4 is 45.2 Å². The molecule has 1 aliphatic heterocycles. The van der Waals surface area contributed by atoms with E-state index >= 15 is 0 Å². The molecule has 2 aromatic rings. The third-order valence-electron chi connectivity index (χ3n) is 4.03. The molecule has 2 aromatic carbocycles. The Labute approximate surface area is 159 Å².